The molecule has 2 aromatic heterocycles. The normalized spacial score (nSPS) is 17.6. The van der Waals surface area contributed by atoms with Crippen LogP contribution in [0.5, 0.6) is 0 Å². The second kappa shape index (κ2) is 6.42. The number of nitrogens with zero attached hydrogens (tertiary/aromatic N) is 2. The van der Waals surface area contributed by atoms with E-state index in [1.807, 2.05) is 13.0 Å². The summed E-state index contributed by atoms with van der Waals surface area (Å²) in [5.74, 6) is 1.81. The Morgan fingerprint density at radius 1 is 1.33 bits per heavy atom. The van der Waals surface area contributed by atoms with Gasteiger partial charge in [0, 0.05) is 18.1 Å². The maximum absolute atomic E-state index is 12.5. The Morgan fingerprint density at radius 2 is 2.12 bits per heavy atom. The van der Waals surface area contributed by atoms with Crippen molar-refractivity contribution in [3.63, 3.8) is 0 Å². The van der Waals surface area contributed by atoms with Crippen molar-refractivity contribution in [3.8, 4) is 0 Å². The van der Waals surface area contributed by atoms with Crippen LogP contribution < -0.4 is 5.32 Å². The molecule has 0 fully saturated rings. The van der Waals surface area contributed by atoms with E-state index in [2.05, 4.69) is 36.4 Å². The zero-order valence-electron chi connectivity index (χ0n) is 14.8. The van der Waals surface area contributed by atoms with Crippen LogP contribution in [0.15, 0.2) is 15.1 Å². The maximum Gasteiger partial charge on any atom is 0.274 e. The Kier molecular flexibility index (Phi) is 4.47. The van der Waals surface area contributed by atoms with Gasteiger partial charge in [-0.2, -0.15) is 0 Å². The number of hydrogen-bond donors (Lipinski definition) is 1. The Morgan fingerprint density at radius 3 is 2.79 bits per heavy atom. The number of aryl methyl sites for hydroxylation is 2. The van der Waals surface area contributed by atoms with E-state index < -0.39 is 0 Å². The maximum atomic E-state index is 12.5. The molecule has 6 heteroatoms. The van der Waals surface area contributed by atoms with Gasteiger partial charge in [0.05, 0.1) is 12.2 Å². The molecule has 1 aliphatic rings. The Hall–Kier alpha value is -2.11. The first-order valence-corrected chi connectivity index (χ1v) is 8.58. The van der Waals surface area contributed by atoms with E-state index in [0.29, 0.717) is 23.9 Å². The minimum Gasteiger partial charge on any atom is -0.360 e. The molecule has 0 saturated heterocycles. The molecule has 0 radical (unpaired) electrons. The van der Waals surface area contributed by atoms with Gasteiger partial charge in [0.25, 0.3) is 5.91 Å². The first-order chi connectivity index (χ1) is 11.4. The lowest BCUT2D eigenvalue weighted by Crippen LogP contribution is -2.29. The monoisotopic (exact) mass is 331 g/mol. The summed E-state index contributed by atoms with van der Waals surface area (Å²) in [4.78, 5) is 12.5. The molecule has 2 aromatic rings. The number of fused-ring (bicyclic) bond motifs is 1. The summed E-state index contributed by atoms with van der Waals surface area (Å²) in [7, 11) is 0. The number of aromatic nitrogens is 2. The Labute approximate surface area is 142 Å². The fraction of sp³-hybridized carbons (Fsp3) is 0.611. The zero-order chi connectivity index (χ0) is 17.3. The summed E-state index contributed by atoms with van der Waals surface area (Å²) in [6.07, 6.45) is 3.57. The molecule has 3 rings (SSSR count). The van der Waals surface area contributed by atoms with Crippen LogP contribution in [0.2, 0.25) is 0 Å². The molecule has 1 aliphatic carbocycles. The third-order valence-corrected chi connectivity index (χ3v) is 4.87. The van der Waals surface area contributed by atoms with Gasteiger partial charge in [-0.1, -0.05) is 38.0 Å². The lowest BCUT2D eigenvalue weighted by molar-refractivity contribution is 0.0936. The van der Waals surface area contributed by atoms with Gasteiger partial charge in [-0.25, -0.2) is 0 Å². The summed E-state index contributed by atoms with van der Waals surface area (Å²) in [5.41, 5.74) is 2.46. The second-order valence-corrected chi connectivity index (χ2v) is 7.56. The quantitative estimate of drug-likeness (QED) is 0.929. The summed E-state index contributed by atoms with van der Waals surface area (Å²) in [6.45, 7) is 9.03. The van der Waals surface area contributed by atoms with Crippen LogP contribution in [-0.2, 0) is 25.8 Å². The molecule has 1 N–H and O–H groups in total. The van der Waals surface area contributed by atoms with Gasteiger partial charge < -0.3 is 14.4 Å². The van der Waals surface area contributed by atoms with Crippen LogP contribution in [0.4, 0.5) is 0 Å². The number of carbonyl (C=O) groups excluding carboxylic acids is 1. The fourth-order valence-electron chi connectivity index (χ4n) is 3.18. The van der Waals surface area contributed by atoms with E-state index in [9.17, 15) is 4.79 Å². The van der Waals surface area contributed by atoms with Crippen molar-refractivity contribution in [3.05, 3.63) is 34.5 Å². The average molecular weight is 331 g/mol. The van der Waals surface area contributed by atoms with Crippen LogP contribution in [-0.4, -0.2) is 16.2 Å². The molecule has 0 bridgehead atoms. The highest BCUT2D eigenvalue weighted by atomic mass is 16.5. The number of carbonyl (C=O) groups is 1. The molecule has 6 nitrogen and oxygen atoms in total. The standard InChI is InChI=1S/C18H25N3O3/c1-5-12-9-13(23-20-12)10-19-17(22)16-14-8-11(18(2,3)4)6-7-15(14)24-21-16/h9,11H,5-8,10H2,1-4H3,(H,19,22). The van der Waals surface area contributed by atoms with Crippen molar-refractivity contribution in [1.29, 1.82) is 0 Å². The molecule has 0 spiro atoms. The van der Waals surface area contributed by atoms with Gasteiger partial charge in [-0.15, -0.1) is 0 Å². The van der Waals surface area contributed by atoms with Gasteiger partial charge in [0.2, 0.25) is 0 Å². The molecule has 1 atom stereocenters. The van der Waals surface area contributed by atoms with Gasteiger partial charge in [0.15, 0.2) is 11.5 Å². The molecular formula is C18H25N3O3. The van der Waals surface area contributed by atoms with Crippen molar-refractivity contribution >= 4 is 5.91 Å². The van der Waals surface area contributed by atoms with Crippen LogP contribution >= 0.6 is 0 Å². The highest BCUT2D eigenvalue weighted by Crippen LogP contribution is 2.38. The van der Waals surface area contributed by atoms with Gasteiger partial charge >= 0.3 is 0 Å². The minimum absolute atomic E-state index is 0.207. The SMILES string of the molecule is CCc1cc(CNC(=O)c2noc3c2CC(C(C)(C)C)CC3)on1. The summed E-state index contributed by atoms with van der Waals surface area (Å²) in [6, 6.07) is 1.86. The van der Waals surface area contributed by atoms with Crippen molar-refractivity contribution < 1.29 is 13.8 Å². The third-order valence-electron chi connectivity index (χ3n) is 4.87. The number of hydrogen-bond acceptors (Lipinski definition) is 5. The largest absolute Gasteiger partial charge is 0.360 e. The van der Waals surface area contributed by atoms with E-state index in [1.54, 1.807) is 0 Å². The molecule has 2 heterocycles. The summed E-state index contributed by atoms with van der Waals surface area (Å²) < 4.78 is 10.6. The first-order valence-electron chi connectivity index (χ1n) is 8.58. The van der Waals surface area contributed by atoms with E-state index in [-0.39, 0.29) is 11.3 Å². The van der Waals surface area contributed by atoms with Crippen molar-refractivity contribution in [2.45, 2.75) is 59.9 Å². The smallest absolute Gasteiger partial charge is 0.274 e. The Balaban J connectivity index is 1.69. The third kappa shape index (κ3) is 3.37. The molecule has 130 valence electrons. The predicted octanol–water partition coefficient (Wildman–Crippen LogP) is 3.31. The fourth-order valence-corrected chi connectivity index (χ4v) is 3.18. The molecule has 1 unspecified atom stereocenters. The van der Waals surface area contributed by atoms with E-state index in [4.69, 9.17) is 9.05 Å². The first kappa shape index (κ1) is 16.7. The minimum atomic E-state index is -0.219. The number of nitrogens with one attached hydrogen (secondary N) is 1. The number of amides is 1. The predicted molar refractivity (Wildman–Crippen MR) is 88.5 cm³/mol. The Bertz CT molecular complexity index is 724. The molecule has 0 saturated carbocycles. The van der Waals surface area contributed by atoms with Gasteiger partial charge in [0.1, 0.15) is 5.76 Å². The van der Waals surface area contributed by atoms with Crippen LogP contribution in [0.3, 0.4) is 0 Å². The van der Waals surface area contributed by atoms with Gasteiger partial charge in [-0.3, -0.25) is 4.79 Å². The topological polar surface area (TPSA) is 81.2 Å². The lowest BCUT2D eigenvalue weighted by Gasteiger charge is -2.33. The van der Waals surface area contributed by atoms with E-state index >= 15 is 0 Å². The molecule has 0 aliphatic heterocycles. The molecule has 1 amide bonds. The van der Waals surface area contributed by atoms with Crippen molar-refractivity contribution in [1.82, 2.24) is 15.6 Å². The summed E-state index contributed by atoms with van der Waals surface area (Å²) in [5, 5.41) is 10.8. The van der Waals surface area contributed by atoms with E-state index in [1.165, 1.54) is 0 Å². The second-order valence-electron chi connectivity index (χ2n) is 7.56. The molecular weight excluding hydrogens is 306 g/mol. The average Bonchev–Trinajstić information content (AvgIpc) is 3.17. The highest BCUT2D eigenvalue weighted by Gasteiger charge is 2.34. The molecule has 24 heavy (non-hydrogen) atoms. The van der Waals surface area contributed by atoms with Gasteiger partial charge in [-0.05, 0) is 30.6 Å². The summed E-state index contributed by atoms with van der Waals surface area (Å²) >= 11 is 0. The lowest BCUT2D eigenvalue weighted by atomic mass is 9.71. The van der Waals surface area contributed by atoms with Crippen molar-refractivity contribution in [2.24, 2.45) is 11.3 Å². The number of rotatable bonds is 4. The molecule has 0 aromatic carbocycles. The van der Waals surface area contributed by atoms with Crippen molar-refractivity contribution in [2.75, 3.05) is 0 Å². The van der Waals surface area contributed by atoms with Crippen LogP contribution in [0.25, 0.3) is 0 Å². The zero-order valence-corrected chi connectivity index (χ0v) is 14.8. The van der Waals surface area contributed by atoms with Crippen LogP contribution in [0.1, 0.15) is 67.4 Å². The van der Waals surface area contributed by atoms with E-state index in [0.717, 1.165) is 42.7 Å². The highest BCUT2D eigenvalue weighted by molar-refractivity contribution is 5.93. The van der Waals surface area contributed by atoms with Crippen LogP contribution in [0, 0.1) is 11.3 Å².